The molecule has 6 nitrogen and oxygen atoms in total. The number of hydrogen-bond donors (Lipinski definition) is 2. The van der Waals surface area contributed by atoms with Crippen LogP contribution in [0.4, 0.5) is 5.69 Å². The van der Waals surface area contributed by atoms with Crippen molar-refractivity contribution in [2.45, 2.75) is 31.8 Å². The predicted molar refractivity (Wildman–Crippen MR) is 117 cm³/mol. The largest absolute Gasteiger partial charge is 0.496 e. The third-order valence-corrected chi connectivity index (χ3v) is 5.51. The summed E-state index contributed by atoms with van der Waals surface area (Å²) in [4.78, 5) is 4.73. The van der Waals surface area contributed by atoms with Crippen molar-refractivity contribution in [1.29, 1.82) is 0 Å². The number of nitrogens with two attached hydrogens (primary N) is 1. The fraction of sp³-hybridized carbons (Fsp3) is 0.435. The summed E-state index contributed by atoms with van der Waals surface area (Å²) in [5, 5.41) is 3.23. The van der Waals surface area contributed by atoms with Gasteiger partial charge in [-0.1, -0.05) is 35.9 Å². The minimum Gasteiger partial charge on any atom is -0.496 e. The highest BCUT2D eigenvalue weighted by atomic mass is 16.5. The van der Waals surface area contributed by atoms with Gasteiger partial charge in [-0.05, 0) is 31.9 Å². The fourth-order valence-corrected chi connectivity index (χ4v) is 3.85. The number of benzene rings is 2. The number of hydrogen-bond acceptors (Lipinski definition) is 4. The van der Waals surface area contributed by atoms with E-state index in [0.717, 1.165) is 29.8 Å². The summed E-state index contributed by atoms with van der Waals surface area (Å²) in [6.45, 7) is 4.59. The van der Waals surface area contributed by atoms with E-state index in [9.17, 15) is 0 Å². The number of nitrogens with zero attached hydrogens (tertiary/aromatic N) is 1. The third-order valence-electron chi connectivity index (χ3n) is 5.51. The van der Waals surface area contributed by atoms with Gasteiger partial charge < -0.3 is 25.3 Å². The van der Waals surface area contributed by atoms with Crippen LogP contribution in [0, 0.1) is 6.92 Å². The maximum atomic E-state index is 6.26. The zero-order valence-electron chi connectivity index (χ0n) is 17.5. The molecule has 156 valence electrons. The Morgan fingerprint density at radius 2 is 1.93 bits per heavy atom. The van der Waals surface area contributed by atoms with Crippen molar-refractivity contribution in [3.05, 3.63) is 59.2 Å². The molecule has 0 bridgehead atoms. The molecule has 0 saturated carbocycles. The molecule has 6 heteroatoms. The van der Waals surface area contributed by atoms with Gasteiger partial charge in [0.2, 0.25) is 0 Å². The molecule has 1 saturated heterocycles. The summed E-state index contributed by atoms with van der Waals surface area (Å²) in [6.07, 6.45) is 1.76. The molecule has 0 aliphatic carbocycles. The van der Waals surface area contributed by atoms with E-state index in [-0.39, 0.29) is 5.41 Å². The summed E-state index contributed by atoms with van der Waals surface area (Å²) >= 11 is 0. The van der Waals surface area contributed by atoms with E-state index in [0.29, 0.717) is 32.3 Å². The molecule has 0 aromatic heterocycles. The first kappa shape index (κ1) is 21.1. The normalized spacial score (nSPS) is 16.4. The lowest BCUT2D eigenvalue weighted by Gasteiger charge is -2.37. The van der Waals surface area contributed by atoms with Crippen LogP contribution >= 0.6 is 0 Å². The van der Waals surface area contributed by atoms with Gasteiger partial charge in [0.25, 0.3) is 0 Å². The summed E-state index contributed by atoms with van der Waals surface area (Å²) in [5.74, 6) is 1.29. The van der Waals surface area contributed by atoms with Crippen LogP contribution in [0.3, 0.4) is 0 Å². The molecule has 1 aliphatic heterocycles. The molecule has 3 N–H and O–H groups in total. The van der Waals surface area contributed by atoms with Crippen molar-refractivity contribution < 1.29 is 14.2 Å². The molecular weight excluding hydrogens is 366 g/mol. The zero-order valence-corrected chi connectivity index (χ0v) is 17.5. The van der Waals surface area contributed by atoms with Crippen LogP contribution in [0.25, 0.3) is 0 Å². The number of nitrogens with one attached hydrogen (secondary N) is 1. The lowest BCUT2D eigenvalue weighted by atomic mass is 9.73. The minimum absolute atomic E-state index is 0.159. The van der Waals surface area contributed by atoms with Crippen LogP contribution < -0.4 is 15.8 Å². The van der Waals surface area contributed by atoms with E-state index in [1.54, 1.807) is 14.2 Å². The molecule has 3 rings (SSSR count). The molecule has 1 heterocycles. The van der Waals surface area contributed by atoms with Crippen molar-refractivity contribution in [3.8, 4) is 5.75 Å². The molecule has 2 aromatic rings. The van der Waals surface area contributed by atoms with E-state index in [4.69, 9.17) is 24.9 Å². The smallest absolute Gasteiger partial charge is 0.193 e. The Bertz CT molecular complexity index is 845. The highest BCUT2D eigenvalue weighted by Crippen LogP contribution is 2.40. The van der Waals surface area contributed by atoms with Gasteiger partial charge in [-0.3, -0.25) is 4.99 Å². The van der Waals surface area contributed by atoms with E-state index in [1.165, 1.54) is 11.1 Å². The number of aliphatic imine (C=N–C) groups is 1. The summed E-state index contributed by atoms with van der Waals surface area (Å²) < 4.78 is 16.6. The van der Waals surface area contributed by atoms with Crippen molar-refractivity contribution in [1.82, 2.24) is 0 Å². The SMILES string of the molecule is COCc1ccccc1NC(N)=NCC1(c2cc(C)ccc2OC)CCOCC1. The van der Waals surface area contributed by atoms with Gasteiger partial charge in [0.1, 0.15) is 5.75 Å². The maximum absolute atomic E-state index is 6.26. The monoisotopic (exact) mass is 397 g/mol. The maximum Gasteiger partial charge on any atom is 0.193 e. The van der Waals surface area contributed by atoms with Crippen LogP contribution in [0.15, 0.2) is 47.5 Å². The quantitative estimate of drug-likeness (QED) is 0.551. The Hall–Kier alpha value is -2.57. The standard InChI is InChI=1S/C23H31N3O3/c1-17-8-9-21(28-3)19(14-17)23(10-12-29-13-11-23)16-25-22(24)26-20-7-5-4-6-18(20)15-27-2/h4-9,14H,10-13,15-16H2,1-3H3,(H3,24,25,26). The van der Waals surface area contributed by atoms with Crippen LogP contribution in [0.1, 0.15) is 29.5 Å². The van der Waals surface area contributed by atoms with E-state index < -0.39 is 0 Å². The van der Waals surface area contributed by atoms with Crippen molar-refractivity contribution >= 4 is 11.6 Å². The van der Waals surface area contributed by atoms with Crippen LogP contribution in [-0.2, 0) is 21.5 Å². The first-order valence-electron chi connectivity index (χ1n) is 9.94. The first-order valence-corrected chi connectivity index (χ1v) is 9.94. The van der Waals surface area contributed by atoms with Crippen molar-refractivity contribution in [2.24, 2.45) is 10.7 Å². The lowest BCUT2D eigenvalue weighted by Crippen LogP contribution is -2.38. The van der Waals surface area contributed by atoms with Gasteiger partial charge in [0, 0.05) is 42.6 Å². The summed E-state index contributed by atoms with van der Waals surface area (Å²) in [6, 6.07) is 14.2. The average molecular weight is 398 g/mol. The van der Waals surface area contributed by atoms with Gasteiger partial charge in [0.05, 0.1) is 20.3 Å². The second kappa shape index (κ2) is 9.76. The zero-order chi connectivity index (χ0) is 20.7. The number of rotatable bonds is 7. The summed E-state index contributed by atoms with van der Waals surface area (Å²) in [5.41, 5.74) is 10.4. The highest BCUT2D eigenvalue weighted by Gasteiger charge is 2.37. The molecule has 0 amide bonds. The topological polar surface area (TPSA) is 78.1 Å². The van der Waals surface area contributed by atoms with Crippen molar-refractivity contribution in [3.63, 3.8) is 0 Å². The third kappa shape index (κ3) is 5.08. The Morgan fingerprint density at radius 1 is 1.17 bits per heavy atom. The van der Waals surface area contributed by atoms with Crippen LogP contribution in [0.5, 0.6) is 5.75 Å². The number of para-hydroxylation sites is 1. The molecule has 0 atom stereocenters. The van der Waals surface area contributed by atoms with Gasteiger partial charge >= 0.3 is 0 Å². The van der Waals surface area contributed by atoms with Crippen LogP contribution in [0.2, 0.25) is 0 Å². The summed E-state index contributed by atoms with van der Waals surface area (Å²) in [7, 11) is 3.39. The lowest BCUT2D eigenvalue weighted by molar-refractivity contribution is 0.0523. The van der Waals surface area contributed by atoms with Gasteiger partial charge in [-0.2, -0.15) is 0 Å². The molecule has 1 fully saturated rings. The van der Waals surface area contributed by atoms with Crippen molar-refractivity contribution in [2.75, 3.05) is 39.3 Å². The van der Waals surface area contributed by atoms with E-state index in [2.05, 4.69) is 24.4 Å². The van der Waals surface area contributed by atoms with Gasteiger partial charge in [-0.15, -0.1) is 0 Å². The second-order valence-corrected chi connectivity index (χ2v) is 7.51. The molecular formula is C23H31N3O3. The van der Waals surface area contributed by atoms with E-state index in [1.807, 2.05) is 30.3 Å². The predicted octanol–water partition coefficient (Wildman–Crippen LogP) is 3.63. The fourth-order valence-electron chi connectivity index (χ4n) is 3.85. The number of ether oxygens (including phenoxy) is 3. The highest BCUT2D eigenvalue weighted by molar-refractivity contribution is 5.93. The molecule has 29 heavy (non-hydrogen) atoms. The number of guanidine groups is 1. The Labute approximate surface area is 173 Å². The molecule has 0 unspecified atom stereocenters. The number of methoxy groups -OCH3 is 2. The Morgan fingerprint density at radius 3 is 2.66 bits per heavy atom. The minimum atomic E-state index is -0.159. The second-order valence-electron chi connectivity index (χ2n) is 7.51. The first-order chi connectivity index (χ1) is 14.1. The molecule has 1 aliphatic rings. The average Bonchev–Trinajstić information content (AvgIpc) is 2.74. The van der Waals surface area contributed by atoms with Gasteiger partial charge in [0.15, 0.2) is 5.96 Å². The van der Waals surface area contributed by atoms with Crippen LogP contribution in [-0.4, -0.2) is 39.9 Å². The number of anilines is 1. The Kier molecular flexibility index (Phi) is 7.12. The molecule has 0 radical (unpaired) electrons. The van der Waals surface area contributed by atoms with E-state index >= 15 is 0 Å². The molecule has 2 aromatic carbocycles. The number of aryl methyl sites for hydroxylation is 1. The van der Waals surface area contributed by atoms with Gasteiger partial charge in [-0.25, -0.2) is 0 Å². The molecule has 0 spiro atoms. The Balaban J connectivity index is 1.85.